The Morgan fingerprint density at radius 1 is 1.05 bits per heavy atom. The lowest BCUT2D eigenvalue weighted by Gasteiger charge is -2.36. The summed E-state index contributed by atoms with van der Waals surface area (Å²) in [5, 5.41) is 16.9. The summed E-state index contributed by atoms with van der Waals surface area (Å²) in [5.41, 5.74) is 2.62. The van der Waals surface area contributed by atoms with E-state index in [2.05, 4.69) is 64.4 Å². The zero-order chi connectivity index (χ0) is 30.1. The molecule has 0 aliphatic carbocycles. The van der Waals surface area contributed by atoms with Crippen molar-refractivity contribution >= 4 is 37.3 Å². The summed E-state index contributed by atoms with van der Waals surface area (Å²) < 4.78 is 25.5. The van der Waals surface area contributed by atoms with Gasteiger partial charge in [-0.3, -0.25) is 9.08 Å². The highest BCUT2D eigenvalue weighted by molar-refractivity contribution is 6.74. The Kier molecular flexibility index (Phi) is 8.45. The van der Waals surface area contributed by atoms with Crippen LogP contribution in [0.4, 0.5) is 16.2 Å². The van der Waals surface area contributed by atoms with Crippen LogP contribution in [-0.2, 0) is 17.9 Å². The van der Waals surface area contributed by atoms with E-state index in [0.717, 1.165) is 11.4 Å². The van der Waals surface area contributed by atoms with Crippen LogP contribution in [-0.4, -0.2) is 49.3 Å². The normalized spacial score (nSPS) is 13.0. The van der Waals surface area contributed by atoms with Crippen LogP contribution in [0.2, 0.25) is 23.2 Å². The predicted molar refractivity (Wildman–Crippen MR) is 166 cm³/mol. The lowest BCUT2D eigenvalue weighted by Crippen LogP contribution is -2.41. The highest BCUT2D eigenvalue weighted by Crippen LogP contribution is 2.37. The van der Waals surface area contributed by atoms with E-state index in [1.54, 1.807) is 29.2 Å². The van der Waals surface area contributed by atoms with E-state index in [1.165, 1.54) is 10.5 Å². The third-order valence-corrected chi connectivity index (χ3v) is 12.8. The average molecular weight is 607 g/mol. The van der Waals surface area contributed by atoms with Gasteiger partial charge in [0.05, 0.1) is 11.9 Å². The Hall–Kier alpha value is -3.67. The van der Waals surface area contributed by atoms with Crippen LogP contribution in [0, 0.1) is 5.95 Å². The number of pyridine rings is 1. The molecule has 1 unspecified atom stereocenters. The molecule has 0 aliphatic rings. The SMILES string of the molecule is Cn1nccc1Nc1nccc(-c2cc(F)n3c(C(CCO[Si](C)(C)C(C)(C)C)Cc4ccc(Cl)cc4)nnc3c2)n1. The Morgan fingerprint density at radius 2 is 1.81 bits per heavy atom. The van der Waals surface area contributed by atoms with Gasteiger partial charge in [0.2, 0.25) is 11.9 Å². The van der Waals surface area contributed by atoms with Crippen LogP contribution >= 0.6 is 11.6 Å². The highest BCUT2D eigenvalue weighted by atomic mass is 35.5. The van der Waals surface area contributed by atoms with E-state index in [-0.39, 0.29) is 11.0 Å². The van der Waals surface area contributed by atoms with Crippen molar-refractivity contribution in [3.05, 3.63) is 83.3 Å². The van der Waals surface area contributed by atoms with Crippen LogP contribution in [0.3, 0.4) is 0 Å². The summed E-state index contributed by atoms with van der Waals surface area (Å²) in [6.07, 6.45) is 4.63. The summed E-state index contributed by atoms with van der Waals surface area (Å²) in [4.78, 5) is 8.88. The van der Waals surface area contributed by atoms with E-state index < -0.39 is 14.3 Å². The van der Waals surface area contributed by atoms with Gasteiger partial charge in [0.15, 0.2) is 14.0 Å². The first-order chi connectivity index (χ1) is 19.9. The number of fused-ring (bicyclic) bond motifs is 1. The Bertz CT molecular complexity index is 1680. The molecule has 220 valence electrons. The Labute approximate surface area is 251 Å². The van der Waals surface area contributed by atoms with Crippen molar-refractivity contribution in [2.45, 2.75) is 57.7 Å². The number of anilines is 2. The minimum atomic E-state index is -1.95. The van der Waals surface area contributed by atoms with Gasteiger partial charge >= 0.3 is 0 Å². The van der Waals surface area contributed by atoms with Crippen molar-refractivity contribution in [1.82, 2.24) is 34.3 Å². The maximum Gasteiger partial charge on any atom is 0.228 e. The number of rotatable bonds is 10. The molecule has 42 heavy (non-hydrogen) atoms. The van der Waals surface area contributed by atoms with Gasteiger partial charge in [-0.15, -0.1) is 10.2 Å². The quantitative estimate of drug-likeness (QED) is 0.133. The van der Waals surface area contributed by atoms with Crippen LogP contribution in [0.1, 0.15) is 44.5 Å². The van der Waals surface area contributed by atoms with Crippen molar-refractivity contribution in [1.29, 1.82) is 0 Å². The molecule has 0 saturated heterocycles. The first-order valence-corrected chi connectivity index (χ1v) is 17.2. The number of halogens is 2. The molecule has 1 atom stereocenters. The summed E-state index contributed by atoms with van der Waals surface area (Å²) in [6.45, 7) is 11.7. The van der Waals surface area contributed by atoms with E-state index >= 15 is 4.39 Å². The molecule has 4 aromatic heterocycles. The molecule has 1 aromatic carbocycles. The smallest absolute Gasteiger partial charge is 0.228 e. The van der Waals surface area contributed by atoms with Crippen molar-refractivity contribution in [3.8, 4) is 11.3 Å². The molecule has 1 N–H and O–H groups in total. The number of nitrogens with zero attached hydrogens (tertiary/aromatic N) is 7. The summed E-state index contributed by atoms with van der Waals surface area (Å²) in [7, 11) is -0.133. The molecule has 5 aromatic rings. The molecular formula is C30H36ClFN8OSi. The van der Waals surface area contributed by atoms with E-state index in [1.807, 2.05) is 37.4 Å². The van der Waals surface area contributed by atoms with Crippen LogP contribution in [0.15, 0.2) is 60.9 Å². The standard InChI is InChI=1S/C30H36ClFN8OSi/c1-30(2,3)42(5,6)41-16-13-21(17-20-7-9-23(31)10-8-20)28-38-37-27-19-22(18-25(32)40(27)28)24-11-14-33-29(35-24)36-26-12-15-34-39(26)4/h7-12,14-15,18-19,21H,13,16-17H2,1-6H3,(H,33,35,36). The molecule has 0 spiro atoms. The van der Waals surface area contributed by atoms with E-state index in [9.17, 15) is 0 Å². The summed E-state index contributed by atoms with van der Waals surface area (Å²) in [5.74, 6) is 1.08. The molecule has 0 amide bonds. The fourth-order valence-electron chi connectivity index (χ4n) is 4.50. The molecular weight excluding hydrogens is 571 g/mol. The topological polar surface area (TPSA) is 95.1 Å². The van der Waals surface area contributed by atoms with Crippen molar-refractivity contribution in [3.63, 3.8) is 0 Å². The lowest BCUT2D eigenvalue weighted by molar-refractivity contribution is 0.268. The number of benzene rings is 1. The summed E-state index contributed by atoms with van der Waals surface area (Å²) >= 11 is 6.13. The van der Waals surface area contributed by atoms with Crippen LogP contribution in [0.5, 0.6) is 0 Å². The minimum absolute atomic E-state index is 0.0941. The zero-order valence-electron chi connectivity index (χ0n) is 24.8. The fourth-order valence-corrected chi connectivity index (χ4v) is 5.69. The minimum Gasteiger partial charge on any atom is -0.417 e. The predicted octanol–water partition coefficient (Wildman–Crippen LogP) is 7.19. The zero-order valence-corrected chi connectivity index (χ0v) is 26.5. The van der Waals surface area contributed by atoms with Crippen molar-refractivity contribution in [2.75, 3.05) is 11.9 Å². The molecule has 12 heteroatoms. The molecule has 4 heterocycles. The van der Waals surface area contributed by atoms with Gasteiger partial charge in [-0.05, 0) is 60.8 Å². The Morgan fingerprint density at radius 3 is 2.50 bits per heavy atom. The largest absolute Gasteiger partial charge is 0.417 e. The van der Waals surface area contributed by atoms with Gasteiger partial charge in [-0.25, -0.2) is 9.97 Å². The number of hydrogen-bond donors (Lipinski definition) is 1. The molecule has 0 saturated carbocycles. The molecule has 0 bridgehead atoms. The average Bonchev–Trinajstić information content (AvgIpc) is 3.55. The van der Waals surface area contributed by atoms with Gasteiger partial charge < -0.3 is 9.74 Å². The maximum absolute atomic E-state index is 15.9. The second-order valence-corrected chi connectivity index (χ2v) is 17.2. The van der Waals surface area contributed by atoms with Gasteiger partial charge in [0, 0.05) is 48.5 Å². The van der Waals surface area contributed by atoms with E-state index in [0.29, 0.717) is 53.1 Å². The second kappa shape index (κ2) is 11.9. The maximum atomic E-state index is 15.9. The van der Waals surface area contributed by atoms with E-state index in [4.69, 9.17) is 16.0 Å². The summed E-state index contributed by atoms with van der Waals surface area (Å²) in [6, 6.07) is 14.5. The van der Waals surface area contributed by atoms with Gasteiger partial charge in [-0.1, -0.05) is 44.5 Å². The lowest BCUT2D eigenvalue weighted by atomic mass is 9.95. The molecule has 0 radical (unpaired) electrons. The monoisotopic (exact) mass is 606 g/mol. The Balaban J connectivity index is 1.44. The van der Waals surface area contributed by atoms with Crippen LogP contribution < -0.4 is 5.32 Å². The fraction of sp³-hybridized carbons (Fsp3) is 0.367. The first kappa shape index (κ1) is 29.8. The third kappa shape index (κ3) is 6.53. The number of aromatic nitrogens is 7. The number of hydrogen-bond acceptors (Lipinski definition) is 7. The highest BCUT2D eigenvalue weighted by Gasteiger charge is 2.37. The second-order valence-electron chi connectivity index (χ2n) is 12.0. The molecule has 9 nitrogen and oxygen atoms in total. The van der Waals surface area contributed by atoms with Gasteiger partial charge in [-0.2, -0.15) is 9.49 Å². The molecule has 5 rings (SSSR count). The number of nitrogens with one attached hydrogen (secondary N) is 1. The van der Waals surface area contributed by atoms with Crippen molar-refractivity contribution < 1.29 is 8.82 Å². The first-order valence-electron chi connectivity index (χ1n) is 13.9. The van der Waals surface area contributed by atoms with Gasteiger partial charge in [0.1, 0.15) is 11.6 Å². The number of aryl methyl sites for hydroxylation is 1. The van der Waals surface area contributed by atoms with Gasteiger partial charge in [0.25, 0.3) is 0 Å². The van der Waals surface area contributed by atoms with Crippen molar-refractivity contribution in [2.24, 2.45) is 7.05 Å². The van der Waals surface area contributed by atoms with Crippen LogP contribution in [0.25, 0.3) is 16.9 Å². The molecule has 0 fully saturated rings. The molecule has 0 aliphatic heterocycles. The third-order valence-electron chi connectivity index (χ3n) is 7.99.